The third-order valence-corrected chi connectivity index (χ3v) is 3.84. The monoisotopic (exact) mass is 474 g/mol. The maximum atomic E-state index is 13.8. The topological polar surface area (TPSA) is 0 Å². The molecule has 26 heavy (non-hydrogen) atoms. The first-order valence-electron chi connectivity index (χ1n) is 5.97. The predicted molar refractivity (Wildman–Crippen MR) is 63.9 cm³/mol. The summed E-state index contributed by atoms with van der Waals surface area (Å²) in [6.45, 7) is 0. The van der Waals surface area contributed by atoms with Gasteiger partial charge in [0.2, 0.25) is 0 Å². The van der Waals surface area contributed by atoms with Crippen LogP contribution in [0, 0.1) is 0 Å². The van der Waals surface area contributed by atoms with Crippen molar-refractivity contribution in [3.8, 4) is 0 Å². The minimum Gasteiger partial charge on any atom is -0.194 e. The molecule has 0 heterocycles. The summed E-state index contributed by atoms with van der Waals surface area (Å²) in [4.78, 5) is 0. The molecule has 0 saturated carbocycles. The molecule has 0 amide bonds. The highest BCUT2D eigenvalue weighted by atomic mass is 79.9. The molecule has 0 aliphatic heterocycles. The van der Waals surface area contributed by atoms with Crippen molar-refractivity contribution in [1.29, 1.82) is 0 Å². The third kappa shape index (κ3) is 2.93. The van der Waals surface area contributed by atoms with Gasteiger partial charge in [-0.3, -0.25) is 0 Å². The van der Waals surface area contributed by atoms with Crippen molar-refractivity contribution >= 4 is 15.9 Å². The van der Waals surface area contributed by atoms with Gasteiger partial charge in [-0.25, -0.2) is 0 Å². The van der Waals surface area contributed by atoms with Gasteiger partial charge in [0.15, 0.2) is 0 Å². The van der Waals surface area contributed by atoms with Crippen molar-refractivity contribution < 1.29 is 57.1 Å². The Morgan fingerprint density at radius 2 is 0.923 bits per heavy atom. The molecule has 0 nitrogen and oxygen atoms in total. The van der Waals surface area contributed by atoms with Crippen LogP contribution in [0.3, 0.4) is 0 Å². The van der Waals surface area contributed by atoms with Crippen molar-refractivity contribution in [3.63, 3.8) is 0 Å². The lowest BCUT2D eigenvalue weighted by Gasteiger charge is -2.40. The van der Waals surface area contributed by atoms with Crippen LogP contribution < -0.4 is 0 Å². The summed E-state index contributed by atoms with van der Waals surface area (Å²) >= 11 is 2.24. The van der Waals surface area contributed by atoms with Crippen LogP contribution in [-0.2, 0) is 5.92 Å². The third-order valence-electron chi connectivity index (χ3n) is 3.15. The summed E-state index contributed by atoms with van der Waals surface area (Å²) in [6.07, 6.45) is -7.42. The Morgan fingerprint density at radius 1 is 0.538 bits per heavy atom. The van der Waals surface area contributed by atoms with Crippen LogP contribution in [0.5, 0.6) is 0 Å². The maximum absolute atomic E-state index is 13.8. The van der Waals surface area contributed by atoms with E-state index in [2.05, 4.69) is 15.9 Å². The molecule has 0 N–H and O–H groups in total. The zero-order valence-electron chi connectivity index (χ0n) is 11.6. The van der Waals surface area contributed by atoms with Crippen molar-refractivity contribution in [2.24, 2.45) is 0 Å². The molecule has 0 spiro atoms. The van der Waals surface area contributed by atoms with Gasteiger partial charge in [-0.05, 0) is 6.07 Å². The molecule has 0 atom stereocenters. The molecule has 0 radical (unpaired) electrons. The van der Waals surface area contributed by atoms with Gasteiger partial charge in [-0.2, -0.15) is 57.1 Å². The fourth-order valence-electron chi connectivity index (χ4n) is 1.65. The molecular weight excluding hydrogens is 471 g/mol. The van der Waals surface area contributed by atoms with Crippen LogP contribution in [-0.4, -0.2) is 29.9 Å². The first-order chi connectivity index (χ1) is 11.3. The van der Waals surface area contributed by atoms with E-state index in [1.54, 1.807) is 0 Å². The molecule has 14 heteroatoms. The molecule has 0 aliphatic carbocycles. The minimum atomic E-state index is -7.90. The number of hydrogen-bond acceptors (Lipinski definition) is 0. The number of halogens is 14. The van der Waals surface area contributed by atoms with E-state index in [1.165, 1.54) is 0 Å². The first kappa shape index (κ1) is 22.8. The molecule has 150 valence electrons. The lowest BCUT2D eigenvalue weighted by molar-refractivity contribution is -0.441. The Hall–Kier alpha value is -1.21. The molecule has 1 rings (SSSR count). The van der Waals surface area contributed by atoms with Crippen LogP contribution in [0.2, 0.25) is 0 Å². The number of benzene rings is 1. The fraction of sp³-hybridized carbons (Fsp3) is 0.500. The Kier molecular flexibility index (Phi) is 5.41. The van der Waals surface area contributed by atoms with Crippen LogP contribution in [0.4, 0.5) is 57.1 Å². The molecule has 0 fully saturated rings. The van der Waals surface area contributed by atoms with E-state index >= 15 is 0 Å². The lowest BCUT2D eigenvalue weighted by Crippen LogP contribution is -2.69. The van der Waals surface area contributed by atoms with Crippen molar-refractivity contribution in [2.45, 2.75) is 35.8 Å². The molecule has 0 bridgehead atoms. The zero-order chi connectivity index (χ0) is 21.0. The maximum Gasteiger partial charge on any atom is 0.460 e. The van der Waals surface area contributed by atoms with E-state index < -0.39 is 45.8 Å². The van der Waals surface area contributed by atoms with Gasteiger partial charge in [-0.1, -0.05) is 34.1 Å². The van der Waals surface area contributed by atoms with Gasteiger partial charge >= 0.3 is 35.8 Å². The number of rotatable bonds is 5. The second-order valence-electron chi connectivity index (χ2n) is 4.85. The van der Waals surface area contributed by atoms with Crippen LogP contribution in [0.1, 0.15) is 5.56 Å². The van der Waals surface area contributed by atoms with E-state index in [1.807, 2.05) is 0 Å². The van der Waals surface area contributed by atoms with Crippen molar-refractivity contribution in [3.05, 3.63) is 34.3 Å². The predicted octanol–water partition coefficient (Wildman–Crippen LogP) is 6.64. The molecule has 0 unspecified atom stereocenters. The standard InChI is InChI=1S/C12H4BrF13/c13-6-4-2-1-3-5(6)7(14,15)8(16,17)9(18,19)10(20,21)11(22,23)12(24,25)26/h1-4H. The van der Waals surface area contributed by atoms with Crippen molar-refractivity contribution in [2.75, 3.05) is 0 Å². The van der Waals surface area contributed by atoms with Gasteiger partial charge < -0.3 is 0 Å². The molecule has 1 aromatic rings. The molecule has 0 aromatic heterocycles. The summed E-state index contributed by atoms with van der Waals surface area (Å²) in [6, 6.07) is 2.17. The highest BCUT2D eigenvalue weighted by Gasteiger charge is 2.90. The van der Waals surface area contributed by atoms with Gasteiger partial charge in [-0.15, -0.1) is 0 Å². The molecular formula is C12H4BrF13. The average Bonchev–Trinajstić information content (AvgIpc) is 2.45. The lowest BCUT2D eigenvalue weighted by atomic mass is 9.90. The van der Waals surface area contributed by atoms with Crippen molar-refractivity contribution in [1.82, 2.24) is 0 Å². The highest BCUT2D eigenvalue weighted by Crippen LogP contribution is 2.62. The highest BCUT2D eigenvalue weighted by molar-refractivity contribution is 9.10. The summed E-state index contributed by atoms with van der Waals surface area (Å²) in [5.74, 6) is -37.0. The van der Waals surface area contributed by atoms with Crippen LogP contribution >= 0.6 is 15.9 Å². The number of alkyl halides is 13. The zero-order valence-corrected chi connectivity index (χ0v) is 13.2. The van der Waals surface area contributed by atoms with Gasteiger partial charge in [0.05, 0.1) is 0 Å². The van der Waals surface area contributed by atoms with E-state index in [4.69, 9.17) is 0 Å². The Labute approximate surface area is 144 Å². The second kappa shape index (κ2) is 6.16. The SMILES string of the molecule is FC(F)(F)C(F)(F)C(F)(F)C(F)(F)C(F)(F)C(F)(F)c1ccccc1Br. The van der Waals surface area contributed by atoms with E-state index in [9.17, 15) is 57.1 Å². The Bertz CT molecular complexity index is 661. The Balaban J connectivity index is 3.61. The van der Waals surface area contributed by atoms with Gasteiger partial charge in [0.1, 0.15) is 0 Å². The average molecular weight is 475 g/mol. The van der Waals surface area contributed by atoms with E-state index in [-0.39, 0.29) is 6.07 Å². The van der Waals surface area contributed by atoms with E-state index in [0.717, 1.165) is 6.07 Å². The largest absolute Gasteiger partial charge is 0.460 e. The minimum absolute atomic E-state index is 0.0636. The summed E-state index contributed by atoms with van der Waals surface area (Å²) in [5, 5.41) is 0. The summed E-state index contributed by atoms with van der Waals surface area (Å²) < 4.78 is 168. The first-order valence-corrected chi connectivity index (χ1v) is 6.77. The summed E-state index contributed by atoms with van der Waals surface area (Å²) in [5.41, 5.74) is -2.03. The fourth-order valence-corrected chi connectivity index (χ4v) is 2.19. The second-order valence-corrected chi connectivity index (χ2v) is 5.70. The van der Waals surface area contributed by atoms with E-state index in [0.29, 0.717) is 12.1 Å². The van der Waals surface area contributed by atoms with Crippen LogP contribution in [0.15, 0.2) is 28.7 Å². The molecule has 0 saturated heterocycles. The van der Waals surface area contributed by atoms with Gasteiger partial charge in [0, 0.05) is 10.0 Å². The summed E-state index contributed by atoms with van der Waals surface area (Å²) in [7, 11) is 0. The van der Waals surface area contributed by atoms with Crippen LogP contribution in [0.25, 0.3) is 0 Å². The smallest absolute Gasteiger partial charge is 0.194 e. The Morgan fingerprint density at radius 3 is 1.31 bits per heavy atom. The molecule has 1 aromatic carbocycles. The number of hydrogen-bond donors (Lipinski definition) is 0. The van der Waals surface area contributed by atoms with Gasteiger partial charge in [0.25, 0.3) is 0 Å². The quantitative estimate of drug-likeness (QED) is 0.419. The normalized spacial score (nSPS) is 15.3. The molecule has 0 aliphatic rings.